The second kappa shape index (κ2) is 8.53. The number of methoxy groups -OCH3 is 1. The fourth-order valence-corrected chi connectivity index (χ4v) is 4.65. The van der Waals surface area contributed by atoms with Gasteiger partial charge in [0.1, 0.15) is 5.58 Å². The number of morpholine rings is 1. The zero-order valence-corrected chi connectivity index (χ0v) is 18.7. The first kappa shape index (κ1) is 21.5. The van der Waals surface area contributed by atoms with Crippen LogP contribution in [0, 0.1) is 6.92 Å². The minimum atomic E-state index is -0.635. The summed E-state index contributed by atoms with van der Waals surface area (Å²) in [7, 11) is 1.47. The molecule has 1 saturated heterocycles. The minimum Gasteiger partial charge on any atom is -0.504 e. The quantitative estimate of drug-likeness (QED) is 0.639. The molecule has 8 heteroatoms. The van der Waals surface area contributed by atoms with Crippen molar-refractivity contribution in [1.82, 2.24) is 9.80 Å². The van der Waals surface area contributed by atoms with Crippen molar-refractivity contribution in [1.29, 1.82) is 0 Å². The number of carbonyl (C=O) groups is 1. The fraction of sp³-hybridized carbons (Fsp3) is 0.360. The summed E-state index contributed by atoms with van der Waals surface area (Å²) in [6, 6.07) is 9.64. The number of phenolic OH excluding ortho intramolecular Hbond substituents is 1. The SMILES string of the molecule is COc1cc(C2c3c(oc4ccc(C)cc4c3=O)C(=O)N2CCN2CCOCC2)ccc1O. The average molecular weight is 450 g/mol. The number of aromatic hydroxyl groups is 1. The van der Waals surface area contributed by atoms with Crippen LogP contribution < -0.4 is 10.2 Å². The summed E-state index contributed by atoms with van der Waals surface area (Å²) >= 11 is 0. The number of hydrogen-bond acceptors (Lipinski definition) is 7. The Morgan fingerprint density at radius 2 is 1.88 bits per heavy atom. The van der Waals surface area contributed by atoms with Gasteiger partial charge in [-0.2, -0.15) is 0 Å². The lowest BCUT2D eigenvalue weighted by Gasteiger charge is -2.31. The molecule has 0 saturated carbocycles. The monoisotopic (exact) mass is 450 g/mol. The van der Waals surface area contributed by atoms with E-state index >= 15 is 0 Å². The highest BCUT2D eigenvalue weighted by atomic mass is 16.5. The van der Waals surface area contributed by atoms with E-state index < -0.39 is 6.04 Å². The molecule has 3 aromatic rings. The van der Waals surface area contributed by atoms with Crippen LogP contribution in [0.5, 0.6) is 11.5 Å². The van der Waals surface area contributed by atoms with Gasteiger partial charge >= 0.3 is 0 Å². The number of hydrogen-bond donors (Lipinski definition) is 1. The largest absolute Gasteiger partial charge is 0.504 e. The Morgan fingerprint density at radius 1 is 1.09 bits per heavy atom. The summed E-state index contributed by atoms with van der Waals surface area (Å²) in [4.78, 5) is 31.1. The topological polar surface area (TPSA) is 92.5 Å². The van der Waals surface area contributed by atoms with Gasteiger partial charge in [-0.15, -0.1) is 0 Å². The van der Waals surface area contributed by atoms with Crippen LogP contribution in [-0.2, 0) is 4.74 Å². The molecule has 3 heterocycles. The van der Waals surface area contributed by atoms with Crippen molar-refractivity contribution < 1.29 is 23.8 Å². The molecule has 33 heavy (non-hydrogen) atoms. The number of carbonyl (C=O) groups excluding carboxylic acids is 1. The third kappa shape index (κ3) is 3.75. The van der Waals surface area contributed by atoms with Crippen LogP contribution in [0.15, 0.2) is 45.6 Å². The zero-order valence-electron chi connectivity index (χ0n) is 18.7. The van der Waals surface area contributed by atoms with Crippen molar-refractivity contribution in [3.63, 3.8) is 0 Å². The number of benzene rings is 2. The first-order valence-electron chi connectivity index (χ1n) is 11.0. The third-order valence-corrected chi connectivity index (χ3v) is 6.40. The van der Waals surface area contributed by atoms with Crippen molar-refractivity contribution in [2.45, 2.75) is 13.0 Å². The summed E-state index contributed by atoms with van der Waals surface area (Å²) in [5.41, 5.74) is 2.13. The van der Waals surface area contributed by atoms with E-state index in [-0.39, 0.29) is 28.6 Å². The van der Waals surface area contributed by atoms with Gasteiger partial charge in [-0.05, 0) is 36.8 Å². The number of fused-ring (bicyclic) bond motifs is 2. The number of nitrogens with zero attached hydrogens (tertiary/aromatic N) is 2. The van der Waals surface area contributed by atoms with Crippen molar-refractivity contribution >= 4 is 16.9 Å². The molecule has 172 valence electrons. The van der Waals surface area contributed by atoms with Crippen LogP contribution in [0.2, 0.25) is 0 Å². The Kier molecular flexibility index (Phi) is 5.55. The van der Waals surface area contributed by atoms with Crippen molar-refractivity contribution in [3.8, 4) is 11.5 Å². The molecule has 0 bridgehead atoms. The predicted octanol–water partition coefficient (Wildman–Crippen LogP) is 2.69. The average Bonchev–Trinajstić information content (AvgIpc) is 3.11. The Balaban J connectivity index is 1.63. The maximum Gasteiger partial charge on any atom is 0.290 e. The van der Waals surface area contributed by atoms with E-state index in [1.165, 1.54) is 13.2 Å². The Hall–Kier alpha value is -3.36. The van der Waals surface area contributed by atoms with Crippen molar-refractivity contribution in [2.75, 3.05) is 46.5 Å². The maximum absolute atomic E-state index is 13.6. The highest BCUT2D eigenvalue weighted by molar-refractivity contribution is 5.99. The molecule has 5 rings (SSSR count). The third-order valence-electron chi connectivity index (χ3n) is 6.40. The number of aryl methyl sites for hydroxylation is 1. The molecule has 1 amide bonds. The van der Waals surface area contributed by atoms with Gasteiger partial charge in [0.15, 0.2) is 16.9 Å². The van der Waals surface area contributed by atoms with Crippen LogP contribution >= 0.6 is 0 Å². The molecule has 2 aliphatic rings. The Labute approximate surface area is 190 Å². The number of rotatable bonds is 5. The maximum atomic E-state index is 13.6. The predicted molar refractivity (Wildman–Crippen MR) is 122 cm³/mol. The molecule has 8 nitrogen and oxygen atoms in total. The van der Waals surface area contributed by atoms with Crippen molar-refractivity contribution in [3.05, 3.63) is 69.1 Å². The molecule has 1 N–H and O–H groups in total. The highest BCUT2D eigenvalue weighted by Crippen LogP contribution is 2.40. The zero-order chi connectivity index (χ0) is 23.1. The summed E-state index contributed by atoms with van der Waals surface area (Å²) in [5.74, 6) is 0.0413. The molecule has 1 aromatic heterocycles. The van der Waals surface area contributed by atoms with Crippen LogP contribution in [0.25, 0.3) is 11.0 Å². The van der Waals surface area contributed by atoms with Gasteiger partial charge in [0.2, 0.25) is 5.76 Å². The standard InChI is InChI=1S/C25H26N2O6/c1-15-3-6-19-17(13-15)23(29)21-22(16-4-5-18(28)20(14-16)31-2)27(25(30)24(21)33-19)8-7-26-9-11-32-12-10-26/h3-6,13-14,22,28H,7-12H2,1-2H3. The lowest BCUT2D eigenvalue weighted by atomic mass is 9.97. The molecule has 0 aliphatic carbocycles. The van der Waals surface area contributed by atoms with E-state index in [4.69, 9.17) is 13.9 Å². The van der Waals surface area contributed by atoms with Crippen molar-refractivity contribution in [2.24, 2.45) is 0 Å². The smallest absolute Gasteiger partial charge is 0.290 e. The number of amides is 1. The minimum absolute atomic E-state index is 0.00756. The van der Waals surface area contributed by atoms with Crippen LogP contribution in [-0.4, -0.2) is 67.3 Å². The molecule has 1 atom stereocenters. The van der Waals surface area contributed by atoms with Crippen LogP contribution in [0.3, 0.4) is 0 Å². The molecule has 2 aliphatic heterocycles. The summed E-state index contributed by atoms with van der Waals surface area (Å²) in [6.45, 7) is 5.91. The van der Waals surface area contributed by atoms with E-state index in [2.05, 4.69) is 4.90 Å². The molecular formula is C25H26N2O6. The summed E-state index contributed by atoms with van der Waals surface area (Å²) in [5, 5.41) is 10.5. The van der Waals surface area contributed by atoms with Gasteiger partial charge in [-0.1, -0.05) is 17.7 Å². The second-order valence-corrected chi connectivity index (χ2v) is 8.46. The normalized spacial score (nSPS) is 18.7. The van der Waals surface area contributed by atoms with E-state index in [0.29, 0.717) is 48.4 Å². The second-order valence-electron chi connectivity index (χ2n) is 8.46. The van der Waals surface area contributed by atoms with E-state index in [9.17, 15) is 14.7 Å². The molecule has 1 unspecified atom stereocenters. The van der Waals surface area contributed by atoms with Gasteiger partial charge in [0.25, 0.3) is 5.91 Å². The summed E-state index contributed by atoms with van der Waals surface area (Å²) in [6.07, 6.45) is 0. The lowest BCUT2D eigenvalue weighted by molar-refractivity contribution is 0.0314. The Morgan fingerprint density at radius 3 is 2.64 bits per heavy atom. The molecular weight excluding hydrogens is 424 g/mol. The molecule has 0 radical (unpaired) electrons. The first-order chi connectivity index (χ1) is 16.0. The fourth-order valence-electron chi connectivity index (χ4n) is 4.65. The van der Waals surface area contributed by atoms with Crippen LogP contribution in [0.4, 0.5) is 0 Å². The van der Waals surface area contributed by atoms with Gasteiger partial charge < -0.3 is 23.9 Å². The van der Waals surface area contributed by atoms with Gasteiger partial charge in [0, 0.05) is 26.2 Å². The first-order valence-corrected chi connectivity index (χ1v) is 11.0. The highest BCUT2D eigenvalue weighted by Gasteiger charge is 2.43. The van der Waals surface area contributed by atoms with Crippen LogP contribution in [0.1, 0.15) is 33.3 Å². The molecule has 2 aromatic carbocycles. The van der Waals surface area contributed by atoms with Gasteiger partial charge in [-0.3, -0.25) is 14.5 Å². The molecule has 1 fully saturated rings. The van der Waals surface area contributed by atoms with E-state index in [1.54, 1.807) is 29.2 Å². The van der Waals surface area contributed by atoms with Gasteiger partial charge in [0.05, 0.1) is 37.3 Å². The number of phenols is 1. The van der Waals surface area contributed by atoms with Gasteiger partial charge in [-0.25, -0.2) is 0 Å². The summed E-state index contributed by atoms with van der Waals surface area (Å²) < 4.78 is 16.7. The number of ether oxygens (including phenoxy) is 2. The molecule has 0 spiro atoms. The van der Waals surface area contributed by atoms with E-state index in [1.807, 2.05) is 13.0 Å². The van der Waals surface area contributed by atoms with E-state index in [0.717, 1.165) is 18.7 Å². The lowest BCUT2D eigenvalue weighted by Crippen LogP contribution is -2.42. The Bertz CT molecular complexity index is 1280.